The van der Waals surface area contributed by atoms with Gasteiger partial charge in [0.2, 0.25) is 0 Å². The number of carboxylic acid groups (broad SMARTS) is 1. The molecule has 0 saturated carbocycles. The van der Waals surface area contributed by atoms with Gasteiger partial charge in [-0.3, -0.25) is 4.79 Å². The molecule has 0 atom stereocenters. The quantitative estimate of drug-likeness (QED) is 0.776. The zero-order valence-electron chi connectivity index (χ0n) is 9.56. The average Bonchev–Trinajstić information content (AvgIpc) is 2.15. The largest absolute Gasteiger partial charge is 0.490 e. The van der Waals surface area contributed by atoms with Gasteiger partial charge in [-0.1, -0.05) is 18.2 Å². The molecular formula is C13H16O3. The van der Waals surface area contributed by atoms with Crippen molar-refractivity contribution in [3.63, 3.8) is 0 Å². The van der Waals surface area contributed by atoms with E-state index in [1.54, 1.807) is 12.2 Å². The van der Waals surface area contributed by atoms with Crippen LogP contribution >= 0.6 is 0 Å². The molecule has 0 heterocycles. The second-order valence-electron chi connectivity index (χ2n) is 3.70. The fourth-order valence-electron chi connectivity index (χ4n) is 1.41. The molecule has 16 heavy (non-hydrogen) atoms. The van der Waals surface area contributed by atoms with E-state index >= 15 is 0 Å². The van der Waals surface area contributed by atoms with Gasteiger partial charge in [0.15, 0.2) is 0 Å². The van der Waals surface area contributed by atoms with Crippen molar-refractivity contribution in [2.24, 2.45) is 0 Å². The maximum atomic E-state index is 10.2. The molecule has 0 aliphatic heterocycles. The second kappa shape index (κ2) is 5.95. The highest BCUT2D eigenvalue weighted by Crippen LogP contribution is 2.15. The van der Waals surface area contributed by atoms with Crippen LogP contribution in [0.2, 0.25) is 0 Å². The zero-order chi connectivity index (χ0) is 12.0. The zero-order valence-corrected chi connectivity index (χ0v) is 9.56. The Morgan fingerprint density at radius 1 is 1.25 bits per heavy atom. The lowest BCUT2D eigenvalue weighted by atomic mass is 10.1. The topological polar surface area (TPSA) is 46.5 Å². The maximum absolute atomic E-state index is 10.2. The number of aliphatic carboxylic acids is 1. The molecule has 3 heteroatoms. The van der Waals surface area contributed by atoms with Crippen molar-refractivity contribution in [3.05, 3.63) is 41.5 Å². The molecular weight excluding hydrogens is 204 g/mol. The lowest BCUT2D eigenvalue weighted by Gasteiger charge is -2.05. The third-order valence-corrected chi connectivity index (χ3v) is 2.00. The van der Waals surface area contributed by atoms with Crippen LogP contribution in [0.25, 0.3) is 0 Å². The van der Waals surface area contributed by atoms with Crippen molar-refractivity contribution in [1.82, 2.24) is 0 Å². The summed E-state index contributed by atoms with van der Waals surface area (Å²) < 4.78 is 5.47. The van der Waals surface area contributed by atoms with Gasteiger partial charge in [-0.15, -0.1) is 0 Å². The van der Waals surface area contributed by atoms with Crippen molar-refractivity contribution in [2.75, 3.05) is 6.61 Å². The minimum Gasteiger partial charge on any atom is -0.490 e. The number of carboxylic acids is 1. The lowest BCUT2D eigenvalue weighted by molar-refractivity contribution is -0.136. The van der Waals surface area contributed by atoms with Gasteiger partial charge >= 0.3 is 5.97 Å². The molecule has 0 aliphatic carbocycles. The summed E-state index contributed by atoms with van der Waals surface area (Å²) in [6.45, 7) is 4.43. The summed E-state index contributed by atoms with van der Waals surface area (Å²) in [4.78, 5) is 10.2. The second-order valence-corrected chi connectivity index (χ2v) is 3.70. The number of carbonyl (C=O) groups is 1. The van der Waals surface area contributed by atoms with Crippen LogP contribution in [0.5, 0.6) is 5.75 Å². The van der Waals surface area contributed by atoms with Gasteiger partial charge in [0, 0.05) is 0 Å². The van der Waals surface area contributed by atoms with Crippen LogP contribution in [-0.2, 0) is 4.79 Å². The van der Waals surface area contributed by atoms with Crippen molar-refractivity contribution >= 4 is 5.97 Å². The molecule has 0 radical (unpaired) electrons. The van der Waals surface area contributed by atoms with Crippen LogP contribution in [0.1, 0.15) is 17.5 Å². The van der Waals surface area contributed by atoms with E-state index in [1.165, 1.54) is 0 Å². The van der Waals surface area contributed by atoms with Crippen LogP contribution in [0.15, 0.2) is 30.4 Å². The van der Waals surface area contributed by atoms with E-state index in [0.29, 0.717) is 6.61 Å². The van der Waals surface area contributed by atoms with Gasteiger partial charge < -0.3 is 9.84 Å². The first-order valence-electron chi connectivity index (χ1n) is 5.16. The number of ether oxygens (including phenoxy) is 1. The Hall–Kier alpha value is -1.77. The summed E-state index contributed by atoms with van der Waals surface area (Å²) >= 11 is 0. The molecule has 0 spiro atoms. The Morgan fingerprint density at radius 2 is 1.88 bits per heavy atom. The molecule has 1 aromatic rings. The predicted octanol–water partition coefficient (Wildman–Crippen LogP) is 2.71. The molecule has 1 aromatic carbocycles. The summed E-state index contributed by atoms with van der Waals surface area (Å²) in [6.07, 6.45) is 3.34. The smallest absolute Gasteiger partial charge is 0.307 e. The molecule has 0 fully saturated rings. The van der Waals surface area contributed by atoms with Crippen LogP contribution < -0.4 is 4.74 Å². The Kier molecular flexibility index (Phi) is 4.58. The van der Waals surface area contributed by atoms with Gasteiger partial charge in [-0.05, 0) is 37.1 Å². The van der Waals surface area contributed by atoms with Crippen molar-refractivity contribution in [2.45, 2.75) is 20.3 Å². The summed E-state index contributed by atoms with van der Waals surface area (Å²) in [7, 11) is 0. The number of aryl methyl sites for hydroxylation is 2. The van der Waals surface area contributed by atoms with E-state index in [9.17, 15) is 4.79 Å². The summed E-state index contributed by atoms with van der Waals surface area (Å²) in [6, 6.07) is 5.99. The molecule has 0 amide bonds. The van der Waals surface area contributed by atoms with E-state index in [-0.39, 0.29) is 6.42 Å². The van der Waals surface area contributed by atoms with Crippen LogP contribution in [0.3, 0.4) is 0 Å². The minimum atomic E-state index is -0.831. The van der Waals surface area contributed by atoms with Gasteiger partial charge in [0.1, 0.15) is 12.4 Å². The first-order chi connectivity index (χ1) is 7.58. The molecule has 0 unspecified atom stereocenters. The summed E-state index contributed by atoms with van der Waals surface area (Å²) in [5.41, 5.74) is 2.31. The van der Waals surface area contributed by atoms with Crippen LogP contribution in [0, 0.1) is 13.8 Å². The van der Waals surface area contributed by atoms with E-state index in [4.69, 9.17) is 9.84 Å². The molecule has 0 bridgehead atoms. The van der Waals surface area contributed by atoms with Crippen molar-refractivity contribution in [1.29, 1.82) is 0 Å². The Balaban J connectivity index is 2.42. The first-order valence-corrected chi connectivity index (χ1v) is 5.16. The third kappa shape index (κ3) is 4.64. The Bertz CT molecular complexity index is 374. The van der Waals surface area contributed by atoms with Crippen LogP contribution in [0.4, 0.5) is 0 Å². The van der Waals surface area contributed by atoms with Gasteiger partial charge in [0.05, 0.1) is 6.42 Å². The normalized spacial score (nSPS) is 10.6. The van der Waals surface area contributed by atoms with E-state index in [0.717, 1.165) is 16.9 Å². The number of hydrogen-bond donors (Lipinski definition) is 1. The van der Waals surface area contributed by atoms with E-state index in [1.807, 2.05) is 26.0 Å². The molecule has 1 rings (SSSR count). The number of rotatable bonds is 5. The molecule has 0 aliphatic rings. The summed E-state index contributed by atoms with van der Waals surface area (Å²) in [5, 5.41) is 8.41. The maximum Gasteiger partial charge on any atom is 0.307 e. The fraction of sp³-hybridized carbons (Fsp3) is 0.308. The minimum absolute atomic E-state index is 0.0379. The highest BCUT2D eigenvalue weighted by Gasteiger charge is 1.95. The number of benzene rings is 1. The van der Waals surface area contributed by atoms with Gasteiger partial charge in [0.25, 0.3) is 0 Å². The van der Waals surface area contributed by atoms with Gasteiger partial charge in [-0.2, -0.15) is 0 Å². The Morgan fingerprint density at radius 3 is 2.44 bits per heavy atom. The van der Waals surface area contributed by atoms with Crippen LogP contribution in [-0.4, -0.2) is 17.7 Å². The molecule has 3 nitrogen and oxygen atoms in total. The number of hydrogen-bond acceptors (Lipinski definition) is 2. The molecule has 86 valence electrons. The highest BCUT2D eigenvalue weighted by molar-refractivity contribution is 5.68. The lowest BCUT2D eigenvalue weighted by Crippen LogP contribution is -1.95. The van der Waals surface area contributed by atoms with Gasteiger partial charge in [-0.25, -0.2) is 0 Å². The molecule has 0 aromatic heterocycles. The summed E-state index contributed by atoms with van der Waals surface area (Å²) in [5.74, 6) is -0.0138. The first kappa shape index (κ1) is 12.3. The van der Waals surface area contributed by atoms with Crippen molar-refractivity contribution < 1.29 is 14.6 Å². The SMILES string of the molecule is Cc1cc(C)cc(OC/C=C/CC(=O)O)c1. The highest BCUT2D eigenvalue weighted by atomic mass is 16.5. The predicted molar refractivity (Wildman–Crippen MR) is 62.8 cm³/mol. The van der Waals surface area contributed by atoms with Crippen molar-refractivity contribution in [3.8, 4) is 5.75 Å². The molecule has 0 saturated heterocycles. The van der Waals surface area contributed by atoms with E-state index < -0.39 is 5.97 Å². The monoisotopic (exact) mass is 220 g/mol. The Labute approximate surface area is 95.4 Å². The third-order valence-electron chi connectivity index (χ3n) is 2.00. The van der Waals surface area contributed by atoms with E-state index in [2.05, 4.69) is 6.07 Å². The molecule has 1 N–H and O–H groups in total. The fourth-order valence-corrected chi connectivity index (χ4v) is 1.41. The average molecular weight is 220 g/mol. The standard InChI is InChI=1S/C13H16O3/c1-10-7-11(2)9-12(8-10)16-6-4-3-5-13(14)15/h3-4,7-9H,5-6H2,1-2H3,(H,14,15)/b4-3+.